The topological polar surface area (TPSA) is 43.7 Å². The Morgan fingerprint density at radius 2 is 1.83 bits per heavy atom. The average molecular weight is 175 g/mol. The molecule has 0 aromatic heterocycles. The lowest BCUT2D eigenvalue weighted by atomic mass is 9.87. The second kappa shape index (κ2) is 4.80. The molecule has 0 saturated heterocycles. The van der Waals surface area contributed by atoms with Gasteiger partial charge in [0.05, 0.1) is 6.10 Å². The van der Waals surface area contributed by atoms with Gasteiger partial charge >= 0.3 is 0 Å². The third kappa shape index (κ3) is 5.52. The van der Waals surface area contributed by atoms with Gasteiger partial charge in [0.25, 0.3) is 0 Å². The Balaban J connectivity index is 3.75. The van der Waals surface area contributed by atoms with Gasteiger partial charge in [-0.05, 0) is 25.9 Å². The minimum Gasteiger partial charge on any atom is -0.396 e. The van der Waals surface area contributed by atoms with E-state index < -0.39 is 0 Å². The number of likely N-dealkylation sites (N-methyl/N-ethyl adjacent to an activating group) is 1. The maximum Gasteiger partial charge on any atom is 0.0672 e. The van der Waals surface area contributed by atoms with E-state index in [1.807, 2.05) is 32.8 Å². The van der Waals surface area contributed by atoms with Crippen molar-refractivity contribution in [2.45, 2.75) is 26.4 Å². The summed E-state index contributed by atoms with van der Waals surface area (Å²) < 4.78 is 0. The summed E-state index contributed by atoms with van der Waals surface area (Å²) in [5.74, 6) is 0. The van der Waals surface area contributed by atoms with Crippen LogP contribution in [-0.4, -0.2) is 48.5 Å². The van der Waals surface area contributed by atoms with Crippen molar-refractivity contribution in [2.75, 3.05) is 27.2 Å². The Morgan fingerprint density at radius 1 is 1.33 bits per heavy atom. The third-order valence-corrected chi connectivity index (χ3v) is 1.79. The van der Waals surface area contributed by atoms with E-state index in [-0.39, 0.29) is 18.1 Å². The molecule has 0 aliphatic rings. The van der Waals surface area contributed by atoms with Crippen LogP contribution in [0.25, 0.3) is 0 Å². The van der Waals surface area contributed by atoms with E-state index in [1.165, 1.54) is 0 Å². The Morgan fingerprint density at radius 3 is 2.17 bits per heavy atom. The zero-order chi connectivity index (χ0) is 9.78. The number of hydrogen-bond donors (Lipinski definition) is 2. The van der Waals surface area contributed by atoms with Gasteiger partial charge in [0.1, 0.15) is 0 Å². The van der Waals surface area contributed by atoms with Crippen molar-refractivity contribution in [1.29, 1.82) is 0 Å². The van der Waals surface area contributed by atoms with E-state index in [1.54, 1.807) is 0 Å². The van der Waals surface area contributed by atoms with Crippen LogP contribution in [0.2, 0.25) is 0 Å². The SMILES string of the molecule is CN(C)CC(O)CC(C)(C)CO. The van der Waals surface area contributed by atoms with Crippen LogP contribution in [0.5, 0.6) is 0 Å². The molecule has 0 amide bonds. The van der Waals surface area contributed by atoms with Crippen molar-refractivity contribution in [3.63, 3.8) is 0 Å². The lowest BCUT2D eigenvalue weighted by Gasteiger charge is -2.26. The molecule has 0 aromatic rings. The quantitative estimate of drug-likeness (QED) is 0.632. The number of aliphatic hydroxyl groups is 2. The molecule has 1 atom stereocenters. The molecule has 0 saturated carbocycles. The van der Waals surface area contributed by atoms with Crippen LogP contribution in [-0.2, 0) is 0 Å². The van der Waals surface area contributed by atoms with Crippen LogP contribution in [0.4, 0.5) is 0 Å². The zero-order valence-corrected chi connectivity index (χ0v) is 8.54. The predicted molar refractivity (Wildman–Crippen MR) is 50.0 cm³/mol. The van der Waals surface area contributed by atoms with E-state index in [9.17, 15) is 5.11 Å². The highest BCUT2D eigenvalue weighted by Gasteiger charge is 2.21. The lowest BCUT2D eigenvalue weighted by molar-refractivity contribution is 0.0575. The summed E-state index contributed by atoms with van der Waals surface area (Å²) in [7, 11) is 3.85. The molecule has 0 aliphatic heterocycles. The van der Waals surface area contributed by atoms with Crippen molar-refractivity contribution >= 4 is 0 Å². The van der Waals surface area contributed by atoms with Crippen LogP contribution in [0.1, 0.15) is 20.3 Å². The van der Waals surface area contributed by atoms with Crippen molar-refractivity contribution < 1.29 is 10.2 Å². The van der Waals surface area contributed by atoms with E-state index >= 15 is 0 Å². The van der Waals surface area contributed by atoms with Crippen LogP contribution in [0.3, 0.4) is 0 Å². The highest BCUT2D eigenvalue weighted by atomic mass is 16.3. The minimum absolute atomic E-state index is 0.123. The van der Waals surface area contributed by atoms with Gasteiger partial charge in [0.15, 0.2) is 0 Å². The van der Waals surface area contributed by atoms with Crippen molar-refractivity contribution in [3.8, 4) is 0 Å². The molecule has 2 N–H and O–H groups in total. The molecule has 0 radical (unpaired) electrons. The molecule has 0 spiro atoms. The first kappa shape index (κ1) is 11.9. The van der Waals surface area contributed by atoms with E-state index in [0.29, 0.717) is 13.0 Å². The van der Waals surface area contributed by atoms with Crippen LogP contribution >= 0.6 is 0 Å². The highest BCUT2D eigenvalue weighted by Crippen LogP contribution is 2.21. The third-order valence-electron chi connectivity index (χ3n) is 1.79. The molecular formula is C9H21NO2. The Kier molecular flexibility index (Phi) is 4.75. The zero-order valence-electron chi connectivity index (χ0n) is 8.54. The number of aliphatic hydroxyl groups excluding tert-OH is 2. The molecule has 0 aliphatic carbocycles. The second-order valence-electron chi connectivity index (χ2n) is 4.44. The molecule has 0 heterocycles. The van der Waals surface area contributed by atoms with Gasteiger partial charge < -0.3 is 15.1 Å². The van der Waals surface area contributed by atoms with Crippen LogP contribution in [0.15, 0.2) is 0 Å². The van der Waals surface area contributed by atoms with Gasteiger partial charge in [-0.15, -0.1) is 0 Å². The molecule has 3 heteroatoms. The van der Waals surface area contributed by atoms with Gasteiger partial charge in [-0.2, -0.15) is 0 Å². The van der Waals surface area contributed by atoms with Crippen LogP contribution < -0.4 is 0 Å². The first-order chi connectivity index (χ1) is 5.37. The maximum atomic E-state index is 9.53. The normalized spacial score (nSPS) is 15.2. The average Bonchev–Trinajstić information content (AvgIpc) is 1.84. The molecule has 12 heavy (non-hydrogen) atoms. The van der Waals surface area contributed by atoms with Gasteiger partial charge in [-0.3, -0.25) is 0 Å². The second-order valence-corrected chi connectivity index (χ2v) is 4.44. The van der Waals surface area contributed by atoms with Crippen molar-refractivity contribution in [2.24, 2.45) is 5.41 Å². The predicted octanol–water partition coefficient (Wildman–Crippen LogP) is 0.317. The molecule has 0 fully saturated rings. The monoisotopic (exact) mass is 175 g/mol. The van der Waals surface area contributed by atoms with Gasteiger partial charge in [-0.1, -0.05) is 13.8 Å². The van der Waals surface area contributed by atoms with Crippen molar-refractivity contribution in [3.05, 3.63) is 0 Å². The lowest BCUT2D eigenvalue weighted by Crippen LogP contribution is -2.31. The first-order valence-electron chi connectivity index (χ1n) is 4.31. The molecule has 0 aromatic carbocycles. The first-order valence-corrected chi connectivity index (χ1v) is 4.31. The molecule has 0 bridgehead atoms. The summed E-state index contributed by atoms with van der Waals surface area (Å²) in [5.41, 5.74) is -0.171. The van der Waals surface area contributed by atoms with Gasteiger partial charge in [0, 0.05) is 13.2 Å². The van der Waals surface area contributed by atoms with Crippen LogP contribution in [0, 0.1) is 5.41 Å². The standard InChI is InChI=1S/C9H21NO2/c1-9(2,7-11)5-8(12)6-10(3)4/h8,11-12H,5-7H2,1-4H3. The van der Waals surface area contributed by atoms with Crippen molar-refractivity contribution in [1.82, 2.24) is 4.90 Å². The number of rotatable bonds is 5. The molecule has 0 rings (SSSR count). The summed E-state index contributed by atoms with van der Waals surface area (Å²) in [6, 6.07) is 0. The number of hydrogen-bond acceptors (Lipinski definition) is 3. The fraction of sp³-hybridized carbons (Fsp3) is 1.00. The summed E-state index contributed by atoms with van der Waals surface area (Å²) in [6.07, 6.45) is 0.295. The molecule has 74 valence electrons. The van der Waals surface area contributed by atoms with E-state index in [2.05, 4.69) is 0 Å². The molecular weight excluding hydrogens is 154 g/mol. The highest BCUT2D eigenvalue weighted by molar-refractivity contribution is 4.73. The Labute approximate surface area is 75.0 Å². The van der Waals surface area contributed by atoms with Gasteiger partial charge in [0.2, 0.25) is 0 Å². The largest absolute Gasteiger partial charge is 0.396 e. The maximum absolute atomic E-state index is 9.53. The summed E-state index contributed by atoms with van der Waals surface area (Å²) >= 11 is 0. The molecule has 3 nitrogen and oxygen atoms in total. The summed E-state index contributed by atoms with van der Waals surface area (Å²) in [5, 5.41) is 18.5. The Hall–Kier alpha value is -0.120. The van der Waals surface area contributed by atoms with E-state index in [4.69, 9.17) is 5.11 Å². The summed E-state index contributed by atoms with van der Waals surface area (Å²) in [6.45, 7) is 4.68. The Bertz CT molecular complexity index is 124. The fourth-order valence-corrected chi connectivity index (χ4v) is 1.19. The molecule has 1 unspecified atom stereocenters. The van der Waals surface area contributed by atoms with Gasteiger partial charge in [-0.25, -0.2) is 0 Å². The van der Waals surface area contributed by atoms with E-state index in [0.717, 1.165) is 0 Å². The number of nitrogens with zero attached hydrogens (tertiary/aromatic N) is 1. The fourth-order valence-electron chi connectivity index (χ4n) is 1.19. The minimum atomic E-state index is -0.345. The summed E-state index contributed by atoms with van der Waals surface area (Å²) in [4.78, 5) is 1.94. The smallest absolute Gasteiger partial charge is 0.0672 e.